The standard InChI is InChI=1S/C22H20N2O3S/c1-15-6-5-8-18(12-15)24(22(25)23-28(2,26)27)19-10-11-21-17(14-19)13-16-7-3-4-9-20(16)21/h3-12,14H,13H2,1-2H3,(H,23,25). The Morgan fingerprint density at radius 2 is 1.61 bits per heavy atom. The Morgan fingerprint density at radius 3 is 2.36 bits per heavy atom. The number of carbonyl (C=O) groups excluding carboxylic acids is 1. The third-order valence-corrected chi connectivity index (χ3v) is 5.32. The van der Waals surface area contributed by atoms with E-state index in [1.807, 2.05) is 55.5 Å². The van der Waals surface area contributed by atoms with Crippen LogP contribution >= 0.6 is 0 Å². The van der Waals surface area contributed by atoms with Gasteiger partial charge in [-0.3, -0.25) is 4.90 Å². The first-order valence-electron chi connectivity index (χ1n) is 8.91. The van der Waals surface area contributed by atoms with Crippen molar-refractivity contribution >= 4 is 27.4 Å². The third-order valence-electron chi connectivity index (χ3n) is 4.77. The van der Waals surface area contributed by atoms with Gasteiger partial charge in [-0.2, -0.15) is 0 Å². The van der Waals surface area contributed by atoms with Gasteiger partial charge in [-0.1, -0.05) is 42.5 Å². The molecule has 0 unspecified atom stereocenters. The Morgan fingerprint density at radius 1 is 0.893 bits per heavy atom. The number of anilines is 2. The van der Waals surface area contributed by atoms with E-state index in [2.05, 4.69) is 16.9 Å². The molecular formula is C22H20N2O3S. The first-order chi connectivity index (χ1) is 13.3. The van der Waals surface area contributed by atoms with E-state index in [1.54, 1.807) is 6.07 Å². The Balaban J connectivity index is 1.79. The smallest absolute Gasteiger partial charge is 0.262 e. The Kier molecular flexibility index (Phi) is 4.43. The summed E-state index contributed by atoms with van der Waals surface area (Å²) in [6.45, 7) is 1.93. The lowest BCUT2D eigenvalue weighted by Crippen LogP contribution is -2.40. The lowest BCUT2D eigenvalue weighted by Gasteiger charge is -2.24. The van der Waals surface area contributed by atoms with Crippen molar-refractivity contribution in [3.05, 3.63) is 83.4 Å². The van der Waals surface area contributed by atoms with E-state index in [1.165, 1.54) is 16.0 Å². The van der Waals surface area contributed by atoms with Crippen molar-refractivity contribution in [1.82, 2.24) is 4.72 Å². The molecule has 0 bridgehead atoms. The summed E-state index contributed by atoms with van der Waals surface area (Å²) in [6.07, 6.45) is 1.76. The number of hydrogen-bond acceptors (Lipinski definition) is 3. The summed E-state index contributed by atoms with van der Waals surface area (Å²) in [5, 5.41) is 0. The van der Waals surface area contributed by atoms with Crippen molar-refractivity contribution in [3.8, 4) is 11.1 Å². The molecule has 3 aromatic carbocycles. The maximum atomic E-state index is 12.8. The van der Waals surface area contributed by atoms with Crippen LogP contribution in [0, 0.1) is 6.92 Å². The lowest BCUT2D eigenvalue weighted by atomic mass is 10.0. The number of carbonyl (C=O) groups is 1. The number of nitrogens with zero attached hydrogens (tertiary/aromatic N) is 1. The summed E-state index contributed by atoms with van der Waals surface area (Å²) in [6, 6.07) is 20.7. The highest BCUT2D eigenvalue weighted by Gasteiger charge is 2.24. The Bertz CT molecular complexity index is 1190. The second kappa shape index (κ2) is 6.80. The van der Waals surface area contributed by atoms with Crippen molar-refractivity contribution in [2.75, 3.05) is 11.2 Å². The molecule has 0 saturated heterocycles. The molecule has 0 atom stereocenters. The van der Waals surface area contributed by atoms with E-state index in [-0.39, 0.29) is 0 Å². The minimum absolute atomic E-state index is 0.608. The Hall–Kier alpha value is -3.12. The van der Waals surface area contributed by atoms with Crippen molar-refractivity contribution in [2.45, 2.75) is 13.3 Å². The topological polar surface area (TPSA) is 66.5 Å². The zero-order valence-electron chi connectivity index (χ0n) is 15.6. The van der Waals surface area contributed by atoms with Crippen LogP contribution in [-0.2, 0) is 16.4 Å². The second-order valence-corrected chi connectivity index (χ2v) is 8.78. The number of sulfonamides is 1. The van der Waals surface area contributed by atoms with E-state index in [0.29, 0.717) is 11.4 Å². The lowest BCUT2D eigenvalue weighted by molar-refractivity contribution is 0.253. The molecular weight excluding hydrogens is 372 g/mol. The van der Waals surface area contributed by atoms with Crippen molar-refractivity contribution < 1.29 is 13.2 Å². The fraction of sp³-hybridized carbons (Fsp3) is 0.136. The molecule has 142 valence electrons. The highest BCUT2D eigenvalue weighted by atomic mass is 32.2. The van der Waals surface area contributed by atoms with Crippen LogP contribution < -0.4 is 9.62 Å². The monoisotopic (exact) mass is 392 g/mol. The molecule has 28 heavy (non-hydrogen) atoms. The van der Waals surface area contributed by atoms with Crippen LogP contribution in [0.5, 0.6) is 0 Å². The number of hydrogen-bond donors (Lipinski definition) is 1. The zero-order valence-corrected chi connectivity index (χ0v) is 16.5. The number of rotatable bonds is 3. The van der Waals surface area contributed by atoms with Gasteiger partial charge in [-0.25, -0.2) is 17.9 Å². The van der Waals surface area contributed by atoms with Gasteiger partial charge in [-0.05, 0) is 65.4 Å². The third kappa shape index (κ3) is 3.51. The van der Waals surface area contributed by atoms with Crippen molar-refractivity contribution in [2.24, 2.45) is 0 Å². The maximum Gasteiger partial charge on any atom is 0.340 e. The van der Waals surface area contributed by atoms with Gasteiger partial charge < -0.3 is 0 Å². The van der Waals surface area contributed by atoms with Gasteiger partial charge in [-0.15, -0.1) is 0 Å². The molecule has 1 aliphatic carbocycles. The molecule has 1 N–H and O–H groups in total. The average Bonchev–Trinajstić information content (AvgIpc) is 2.98. The number of nitrogens with one attached hydrogen (secondary N) is 1. The SMILES string of the molecule is Cc1cccc(N(C(=O)NS(C)(=O)=O)c2ccc3c(c2)Cc2ccccc2-3)c1. The second-order valence-electron chi connectivity index (χ2n) is 7.03. The first-order valence-corrected chi connectivity index (χ1v) is 10.8. The van der Waals surface area contributed by atoms with E-state index >= 15 is 0 Å². The van der Waals surface area contributed by atoms with Crippen molar-refractivity contribution in [3.63, 3.8) is 0 Å². The van der Waals surface area contributed by atoms with Crippen LogP contribution in [0.1, 0.15) is 16.7 Å². The van der Waals surface area contributed by atoms with E-state index in [4.69, 9.17) is 0 Å². The summed E-state index contributed by atoms with van der Waals surface area (Å²) < 4.78 is 25.4. The molecule has 6 heteroatoms. The largest absolute Gasteiger partial charge is 0.340 e. The quantitative estimate of drug-likeness (QED) is 0.563. The van der Waals surface area contributed by atoms with Gasteiger partial charge in [0.2, 0.25) is 10.0 Å². The predicted octanol–water partition coefficient (Wildman–Crippen LogP) is 4.37. The van der Waals surface area contributed by atoms with Gasteiger partial charge in [0.1, 0.15) is 0 Å². The highest BCUT2D eigenvalue weighted by molar-refractivity contribution is 7.89. The summed E-state index contributed by atoms with van der Waals surface area (Å²) in [5.74, 6) is 0. The van der Waals surface area contributed by atoms with Crippen LogP contribution in [0.15, 0.2) is 66.7 Å². The molecule has 0 aromatic heterocycles. The highest BCUT2D eigenvalue weighted by Crippen LogP contribution is 2.39. The van der Waals surface area contributed by atoms with Gasteiger partial charge in [0.15, 0.2) is 0 Å². The van der Waals surface area contributed by atoms with Crippen LogP contribution in [0.4, 0.5) is 16.2 Å². The number of fused-ring (bicyclic) bond motifs is 3. The molecule has 0 heterocycles. The minimum Gasteiger partial charge on any atom is -0.262 e. The van der Waals surface area contributed by atoms with Crippen LogP contribution in [0.25, 0.3) is 11.1 Å². The molecule has 0 fully saturated rings. The average molecular weight is 392 g/mol. The molecule has 0 radical (unpaired) electrons. The van der Waals surface area contributed by atoms with Gasteiger partial charge in [0.05, 0.1) is 17.6 Å². The van der Waals surface area contributed by atoms with Crippen LogP contribution in [-0.4, -0.2) is 20.7 Å². The van der Waals surface area contributed by atoms with E-state index in [0.717, 1.165) is 29.4 Å². The van der Waals surface area contributed by atoms with Crippen molar-refractivity contribution in [1.29, 1.82) is 0 Å². The summed E-state index contributed by atoms with van der Waals surface area (Å²) in [7, 11) is -3.69. The molecule has 0 spiro atoms. The molecule has 3 aromatic rings. The van der Waals surface area contributed by atoms with Crippen LogP contribution in [0.3, 0.4) is 0 Å². The Labute approximate surface area is 164 Å². The molecule has 0 aliphatic heterocycles. The predicted molar refractivity (Wildman–Crippen MR) is 111 cm³/mol. The minimum atomic E-state index is -3.69. The van der Waals surface area contributed by atoms with Crippen LogP contribution in [0.2, 0.25) is 0 Å². The maximum absolute atomic E-state index is 12.8. The fourth-order valence-electron chi connectivity index (χ4n) is 3.63. The van der Waals surface area contributed by atoms with E-state index < -0.39 is 16.1 Å². The fourth-order valence-corrected chi connectivity index (χ4v) is 4.03. The van der Waals surface area contributed by atoms with Gasteiger partial charge in [0, 0.05) is 0 Å². The summed E-state index contributed by atoms with van der Waals surface area (Å²) in [5.41, 5.74) is 6.91. The normalized spacial score (nSPS) is 12.2. The van der Waals surface area contributed by atoms with Gasteiger partial charge >= 0.3 is 6.03 Å². The number of benzene rings is 3. The van der Waals surface area contributed by atoms with Gasteiger partial charge in [0.25, 0.3) is 0 Å². The molecule has 5 nitrogen and oxygen atoms in total. The molecule has 1 aliphatic rings. The molecule has 0 saturated carbocycles. The first kappa shape index (κ1) is 18.3. The summed E-state index contributed by atoms with van der Waals surface area (Å²) in [4.78, 5) is 14.2. The number of aryl methyl sites for hydroxylation is 1. The van der Waals surface area contributed by atoms with E-state index in [9.17, 15) is 13.2 Å². The number of urea groups is 1. The molecule has 2 amide bonds. The zero-order chi connectivity index (χ0) is 19.9. The summed E-state index contributed by atoms with van der Waals surface area (Å²) >= 11 is 0. The molecule has 4 rings (SSSR count). The number of amides is 2.